The van der Waals surface area contributed by atoms with Crippen molar-refractivity contribution in [1.29, 1.82) is 0 Å². The minimum Gasteiger partial charge on any atom is -0.464 e. The SMILES string of the molecule is COC(=O)c1cc2c(-c3ccccc3)cc(Sc3ccc(Cl)c(Cl)c3)cc2n1Cc1ccc(C(=O)N(C)C)cc1. The van der Waals surface area contributed by atoms with Crippen LogP contribution in [0.5, 0.6) is 0 Å². The van der Waals surface area contributed by atoms with Crippen LogP contribution in [-0.4, -0.2) is 42.5 Å². The van der Waals surface area contributed by atoms with Crippen LogP contribution in [0.2, 0.25) is 10.0 Å². The third-order valence-electron chi connectivity index (χ3n) is 6.55. The molecule has 0 spiro atoms. The number of fused-ring (bicyclic) bond motifs is 1. The Morgan fingerprint density at radius 2 is 1.57 bits per heavy atom. The zero-order valence-corrected chi connectivity index (χ0v) is 24.5. The van der Waals surface area contributed by atoms with Gasteiger partial charge in [0, 0.05) is 41.4 Å². The quantitative estimate of drug-likeness (QED) is 0.179. The summed E-state index contributed by atoms with van der Waals surface area (Å²) < 4.78 is 7.14. The molecule has 5 rings (SSSR count). The highest BCUT2D eigenvalue weighted by Gasteiger charge is 2.20. The lowest BCUT2D eigenvalue weighted by Gasteiger charge is -2.14. The molecule has 40 heavy (non-hydrogen) atoms. The van der Waals surface area contributed by atoms with Crippen LogP contribution in [0.1, 0.15) is 26.4 Å². The third kappa shape index (κ3) is 5.75. The molecule has 1 amide bonds. The minimum absolute atomic E-state index is 0.0651. The van der Waals surface area contributed by atoms with Crippen molar-refractivity contribution in [3.63, 3.8) is 0 Å². The number of amides is 1. The van der Waals surface area contributed by atoms with Crippen LogP contribution in [0.15, 0.2) is 101 Å². The second-order valence-corrected chi connectivity index (χ2v) is 11.4. The van der Waals surface area contributed by atoms with Gasteiger partial charge in [-0.25, -0.2) is 4.79 Å². The van der Waals surface area contributed by atoms with E-state index in [0.717, 1.165) is 37.4 Å². The Morgan fingerprint density at radius 3 is 2.23 bits per heavy atom. The molecule has 0 N–H and O–H groups in total. The van der Waals surface area contributed by atoms with E-state index in [2.05, 4.69) is 24.3 Å². The van der Waals surface area contributed by atoms with Crippen LogP contribution in [-0.2, 0) is 11.3 Å². The lowest BCUT2D eigenvalue weighted by atomic mass is 10.0. The molecule has 4 aromatic carbocycles. The van der Waals surface area contributed by atoms with Crippen LogP contribution in [0, 0.1) is 0 Å². The zero-order valence-electron chi connectivity index (χ0n) is 22.2. The molecule has 1 aromatic heterocycles. The summed E-state index contributed by atoms with van der Waals surface area (Å²) in [5.74, 6) is -0.488. The predicted molar refractivity (Wildman–Crippen MR) is 163 cm³/mol. The number of carbonyl (C=O) groups excluding carboxylic acids is 2. The number of ether oxygens (including phenoxy) is 1. The molecule has 0 saturated carbocycles. The number of hydrogen-bond acceptors (Lipinski definition) is 4. The predicted octanol–water partition coefficient (Wildman–Crippen LogP) is 8.30. The molecule has 0 aliphatic carbocycles. The van der Waals surface area contributed by atoms with Crippen LogP contribution in [0.4, 0.5) is 0 Å². The third-order valence-corrected chi connectivity index (χ3v) is 8.25. The summed E-state index contributed by atoms with van der Waals surface area (Å²) in [4.78, 5) is 28.8. The Labute approximate surface area is 247 Å². The van der Waals surface area contributed by atoms with Crippen LogP contribution in [0.25, 0.3) is 22.0 Å². The summed E-state index contributed by atoms with van der Waals surface area (Å²) in [6.45, 7) is 0.416. The largest absolute Gasteiger partial charge is 0.464 e. The molecule has 0 radical (unpaired) electrons. The molecule has 5 nitrogen and oxygen atoms in total. The molecule has 202 valence electrons. The Morgan fingerprint density at radius 1 is 0.850 bits per heavy atom. The standard InChI is InChI=1S/C32H26Cl2N2O3S/c1-35(2)31(37)22-11-9-20(10-12-22)19-36-29-17-24(40-23-13-14-27(33)28(34)16-23)15-25(21-7-5-4-6-8-21)26(29)18-30(36)32(38)39-3/h4-18H,19H2,1-3H3. The fourth-order valence-electron chi connectivity index (χ4n) is 4.56. The first-order valence-corrected chi connectivity index (χ1v) is 14.1. The van der Waals surface area contributed by atoms with Crippen LogP contribution >= 0.6 is 35.0 Å². The Balaban J connectivity index is 1.66. The van der Waals surface area contributed by atoms with Gasteiger partial charge in [0.2, 0.25) is 0 Å². The number of aromatic nitrogens is 1. The van der Waals surface area contributed by atoms with Gasteiger partial charge >= 0.3 is 5.97 Å². The Hall–Kier alpha value is -3.71. The van der Waals surface area contributed by atoms with Crippen molar-refractivity contribution < 1.29 is 14.3 Å². The van der Waals surface area contributed by atoms with Crippen LogP contribution in [0.3, 0.4) is 0 Å². The lowest BCUT2D eigenvalue weighted by Crippen LogP contribution is -2.21. The van der Waals surface area contributed by atoms with Gasteiger partial charge in [-0.2, -0.15) is 0 Å². The van der Waals surface area contributed by atoms with Crippen molar-refractivity contribution in [3.05, 3.63) is 118 Å². The molecule has 0 atom stereocenters. The van der Waals surface area contributed by atoms with Gasteiger partial charge in [0.05, 0.1) is 22.7 Å². The second-order valence-electron chi connectivity index (χ2n) is 9.45. The molecular weight excluding hydrogens is 563 g/mol. The maximum Gasteiger partial charge on any atom is 0.354 e. The van der Waals surface area contributed by atoms with Crippen LogP contribution < -0.4 is 0 Å². The summed E-state index contributed by atoms with van der Waals surface area (Å²) in [7, 11) is 4.83. The first kappa shape index (κ1) is 27.8. The van der Waals surface area contributed by atoms with E-state index in [1.165, 1.54) is 7.11 Å². The number of carbonyl (C=O) groups is 2. The van der Waals surface area contributed by atoms with E-state index in [4.69, 9.17) is 27.9 Å². The molecule has 0 aliphatic rings. The highest BCUT2D eigenvalue weighted by molar-refractivity contribution is 7.99. The van der Waals surface area contributed by atoms with Crippen molar-refractivity contribution in [2.75, 3.05) is 21.2 Å². The summed E-state index contributed by atoms with van der Waals surface area (Å²) in [5, 5.41) is 1.93. The van der Waals surface area contributed by atoms with Gasteiger partial charge in [0.25, 0.3) is 5.91 Å². The fourth-order valence-corrected chi connectivity index (χ4v) is 5.86. The number of benzene rings is 4. The average molecular weight is 590 g/mol. The highest BCUT2D eigenvalue weighted by Crippen LogP contribution is 2.39. The number of halogens is 2. The van der Waals surface area contributed by atoms with Gasteiger partial charge < -0.3 is 14.2 Å². The first-order chi connectivity index (χ1) is 19.2. The molecule has 1 heterocycles. The number of nitrogens with zero attached hydrogens (tertiary/aromatic N) is 2. The van der Waals surface area contributed by atoms with E-state index in [9.17, 15) is 9.59 Å². The smallest absolute Gasteiger partial charge is 0.354 e. The van der Waals surface area contributed by atoms with E-state index < -0.39 is 5.97 Å². The van der Waals surface area contributed by atoms with Crippen molar-refractivity contribution in [2.45, 2.75) is 16.3 Å². The second kappa shape index (κ2) is 11.8. The molecule has 0 bridgehead atoms. The summed E-state index contributed by atoms with van der Waals surface area (Å²) in [6.07, 6.45) is 0. The summed E-state index contributed by atoms with van der Waals surface area (Å²) in [6, 6.07) is 29.2. The molecule has 0 unspecified atom stereocenters. The van der Waals surface area contributed by atoms with Gasteiger partial charge in [0.1, 0.15) is 5.69 Å². The minimum atomic E-state index is -0.423. The molecular formula is C32H26Cl2N2O3S. The molecule has 0 fully saturated rings. The van der Waals surface area contributed by atoms with E-state index in [1.54, 1.807) is 36.8 Å². The summed E-state index contributed by atoms with van der Waals surface area (Å²) >= 11 is 14.0. The highest BCUT2D eigenvalue weighted by atomic mass is 35.5. The van der Waals surface area contributed by atoms with Crippen molar-refractivity contribution in [2.24, 2.45) is 0 Å². The molecule has 8 heteroatoms. The monoisotopic (exact) mass is 588 g/mol. The number of rotatable bonds is 7. The topological polar surface area (TPSA) is 51.5 Å². The van der Waals surface area contributed by atoms with E-state index in [1.807, 2.05) is 65.2 Å². The van der Waals surface area contributed by atoms with Gasteiger partial charge in [-0.3, -0.25) is 4.79 Å². The molecule has 0 saturated heterocycles. The lowest BCUT2D eigenvalue weighted by molar-refractivity contribution is 0.0589. The van der Waals surface area contributed by atoms with Crippen molar-refractivity contribution in [1.82, 2.24) is 9.47 Å². The zero-order chi connectivity index (χ0) is 28.4. The fraction of sp³-hybridized carbons (Fsp3) is 0.125. The number of esters is 1. The van der Waals surface area contributed by atoms with Gasteiger partial charge in [-0.1, -0.05) is 77.4 Å². The van der Waals surface area contributed by atoms with Crippen molar-refractivity contribution >= 4 is 57.7 Å². The maximum atomic E-state index is 13.0. The van der Waals surface area contributed by atoms with E-state index in [-0.39, 0.29) is 5.91 Å². The summed E-state index contributed by atoms with van der Waals surface area (Å²) in [5.41, 5.74) is 4.91. The van der Waals surface area contributed by atoms with Crippen molar-refractivity contribution in [3.8, 4) is 11.1 Å². The van der Waals surface area contributed by atoms with E-state index >= 15 is 0 Å². The van der Waals surface area contributed by atoms with Gasteiger partial charge in [-0.05, 0) is 65.2 Å². The number of hydrogen-bond donors (Lipinski definition) is 0. The number of methoxy groups -OCH3 is 1. The maximum absolute atomic E-state index is 13.0. The van der Waals surface area contributed by atoms with E-state index in [0.29, 0.717) is 27.8 Å². The normalized spacial score (nSPS) is 11.0. The Bertz CT molecular complexity index is 1710. The first-order valence-electron chi connectivity index (χ1n) is 12.5. The Kier molecular flexibility index (Phi) is 8.22. The molecule has 5 aromatic rings. The molecule has 0 aliphatic heterocycles. The average Bonchev–Trinajstić information content (AvgIpc) is 3.32. The van der Waals surface area contributed by atoms with Gasteiger partial charge in [0.15, 0.2) is 0 Å². The van der Waals surface area contributed by atoms with Gasteiger partial charge in [-0.15, -0.1) is 0 Å².